The Morgan fingerprint density at radius 1 is 1.08 bits per heavy atom. The van der Waals surface area contributed by atoms with Crippen molar-refractivity contribution in [1.29, 1.82) is 0 Å². The first-order chi connectivity index (χ1) is 18.2. The predicted molar refractivity (Wildman–Crippen MR) is 142 cm³/mol. The number of amides is 3. The van der Waals surface area contributed by atoms with Crippen LogP contribution in [0, 0.1) is 0 Å². The first-order valence-electron chi connectivity index (χ1n) is 11.8. The average molecular weight is 540 g/mol. The molecule has 38 heavy (non-hydrogen) atoms. The Labute approximate surface area is 223 Å². The highest BCUT2D eigenvalue weighted by Crippen LogP contribution is 2.29. The van der Waals surface area contributed by atoms with E-state index >= 15 is 0 Å². The number of hydrogen-bond acceptors (Lipinski definition) is 7. The van der Waals surface area contributed by atoms with Gasteiger partial charge in [0.25, 0.3) is 5.91 Å². The zero-order valence-electron chi connectivity index (χ0n) is 21.0. The molecule has 2 aromatic carbocycles. The molecule has 1 unspecified atom stereocenters. The lowest BCUT2D eigenvalue weighted by molar-refractivity contribution is -0.746. The van der Waals surface area contributed by atoms with Crippen LogP contribution in [0.5, 0.6) is 5.75 Å². The van der Waals surface area contributed by atoms with Gasteiger partial charge in [-0.3, -0.25) is 23.8 Å². The number of ether oxygens (including phenoxy) is 1. The number of aromatic nitrogens is 2. The van der Waals surface area contributed by atoms with Crippen LogP contribution in [0.1, 0.15) is 26.0 Å². The van der Waals surface area contributed by atoms with Gasteiger partial charge < -0.3 is 20.3 Å². The Morgan fingerprint density at radius 3 is 2.26 bits per heavy atom. The Morgan fingerprint density at radius 2 is 1.71 bits per heavy atom. The van der Waals surface area contributed by atoms with E-state index < -0.39 is 23.5 Å². The van der Waals surface area contributed by atoms with Crippen molar-refractivity contribution in [1.82, 2.24) is 10.2 Å². The van der Waals surface area contributed by atoms with Gasteiger partial charge >= 0.3 is 11.3 Å². The quantitative estimate of drug-likeness (QED) is 0.276. The molecule has 3 N–H and O–H groups in total. The van der Waals surface area contributed by atoms with Crippen molar-refractivity contribution < 1.29 is 28.3 Å². The van der Waals surface area contributed by atoms with Crippen LogP contribution >= 0.6 is 12.2 Å². The van der Waals surface area contributed by atoms with E-state index in [2.05, 4.69) is 15.9 Å². The standard InChI is InChI=1S/C25H26N6O6S/c1-4-36-19-11-9-18(10-12-19)31-23(34)20(30(25(31)38)14-21-24(35)37-28-29(21)3)13-22(33)27-17-7-5-16(6-8-17)26-15(2)32/h5-12,20,28,35H,4,13-14H2,1-3H3/p+1. The molecule has 1 atom stereocenters. The monoisotopic (exact) mass is 539 g/mol. The van der Waals surface area contributed by atoms with Crippen molar-refractivity contribution in [2.75, 3.05) is 22.1 Å². The molecular weight excluding hydrogens is 512 g/mol. The molecule has 12 nitrogen and oxygen atoms in total. The molecule has 0 radical (unpaired) electrons. The molecule has 198 valence electrons. The fourth-order valence-electron chi connectivity index (χ4n) is 4.03. The second kappa shape index (κ2) is 11.3. The Hall–Kier alpha value is -4.52. The van der Waals surface area contributed by atoms with Crippen LogP contribution in [0.25, 0.3) is 0 Å². The number of benzene rings is 2. The number of aromatic amines is 1. The number of anilines is 3. The van der Waals surface area contributed by atoms with E-state index in [9.17, 15) is 19.2 Å². The summed E-state index contributed by atoms with van der Waals surface area (Å²) in [4.78, 5) is 52.9. The Balaban J connectivity index is 1.57. The molecule has 2 heterocycles. The van der Waals surface area contributed by atoms with Crippen LogP contribution in [-0.2, 0) is 28.0 Å². The molecule has 1 aliphatic rings. The second-order valence-electron chi connectivity index (χ2n) is 8.52. The van der Waals surface area contributed by atoms with Crippen molar-refractivity contribution in [2.45, 2.75) is 32.9 Å². The molecule has 3 amide bonds. The second-order valence-corrected chi connectivity index (χ2v) is 8.89. The summed E-state index contributed by atoms with van der Waals surface area (Å²) in [5, 5.41) is 8.01. The number of carbonyl (C=O) groups is 3. The van der Waals surface area contributed by atoms with Crippen molar-refractivity contribution >= 4 is 52.1 Å². The SMILES string of the molecule is CCOc1ccc(N2C(=O)C(CC(=O)Nc3ccc(NC(C)=O)cc3)N(Cc3c(=O)o[nH][n+]3C)C2=S)cc1. The number of hydrogen-bond donors (Lipinski definition) is 3. The molecular formula is C25H27N6O6S+. The maximum atomic E-state index is 13.6. The lowest BCUT2D eigenvalue weighted by Gasteiger charge is -2.21. The maximum Gasteiger partial charge on any atom is 0.431 e. The molecule has 1 fully saturated rings. The Kier molecular flexibility index (Phi) is 7.86. The van der Waals surface area contributed by atoms with Gasteiger partial charge in [0.2, 0.25) is 11.8 Å². The topological polar surface area (TPSA) is 141 Å². The summed E-state index contributed by atoms with van der Waals surface area (Å²) in [6.45, 7) is 3.72. The summed E-state index contributed by atoms with van der Waals surface area (Å²) < 4.78 is 11.7. The molecule has 0 spiro atoms. The zero-order chi connectivity index (χ0) is 27.4. The van der Waals surface area contributed by atoms with Crippen LogP contribution in [0.15, 0.2) is 57.8 Å². The van der Waals surface area contributed by atoms with E-state index in [-0.39, 0.29) is 29.7 Å². The van der Waals surface area contributed by atoms with E-state index in [1.807, 2.05) is 6.92 Å². The van der Waals surface area contributed by atoms with Crippen molar-refractivity contribution in [3.05, 3.63) is 64.6 Å². The third-order valence-corrected chi connectivity index (χ3v) is 6.25. The summed E-state index contributed by atoms with van der Waals surface area (Å²) in [5.74, 6) is -0.400. The van der Waals surface area contributed by atoms with E-state index in [0.717, 1.165) is 0 Å². The number of H-pyrrole nitrogens is 1. The van der Waals surface area contributed by atoms with Crippen LogP contribution in [-0.4, -0.2) is 45.7 Å². The van der Waals surface area contributed by atoms with Crippen molar-refractivity contribution in [2.24, 2.45) is 7.05 Å². The summed E-state index contributed by atoms with van der Waals surface area (Å²) in [5.41, 5.74) is 1.21. The number of nitrogens with zero attached hydrogens (tertiary/aromatic N) is 3. The summed E-state index contributed by atoms with van der Waals surface area (Å²) in [7, 11) is 1.59. The molecule has 0 saturated carbocycles. The molecule has 3 aromatic rings. The van der Waals surface area contributed by atoms with Crippen LogP contribution in [0.2, 0.25) is 0 Å². The fraction of sp³-hybridized carbons (Fsp3) is 0.280. The van der Waals surface area contributed by atoms with Crippen molar-refractivity contribution in [3.8, 4) is 5.75 Å². The molecule has 1 aromatic heterocycles. The normalized spacial score (nSPS) is 15.1. The average Bonchev–Trinajstić information content (AvgIpc) is 3.31. The van der Waals surface area contributed by atoms with E-state index in [0.29, 0.717) is 29.4 Å². The molecule has 0 bridgehead atoms. The minimum atomic E-state index is -0.970. The smallest absolute Gasteiger partial charge is 0.431 e. The summed E-state index contributed by atoms with van der Waals surface area (Å²) in [6.07, 6.45) is -0.223. The largest absolute Gasteiger partial charge is 0.494 e. The van der Waals surface area contributed by atoms with Gasteiger partial charge in [0, 0.05) is 18.3 Å². The van der Waals surface area contributed by atoms with E-state index in [1.54, 1.807) is 55.6 Å². The van der Waals surface area contributed by atoms with Gasteiger partial charge in [-0.1, -0.05) is 4.68 Å². The molecule has 1 saturated heterocycles. The number of carbonyl (C=O) groups excluding carboxylic acids is 3. The lowest BCUT2D eigenvalue weighted by Crippen LogP contribution is -2.44. The maximum absolute atomic E-state index is 13.6. The highest BCUT2D eigenvalue weighted by molar-refractivity contribution is 7.80. The minimum absolute atomic E-state index is 0.0518. The van der Waals surface area contributed by atoms with Crippen LogP contribution in [0.4, 0.5) is 17.1 Å². The number of thiocarbonyl (C=S) groups is 1. The van der Waals surface area contributed by atoms with Crippen LogP contribution in [0.3, 0.4) is 0 Å². The highest BCUT2D eigenvalue weighted by atomic mass is 32.1. The van der Waals surface area contributed by atoms with Gasteiger partial charge in [-0.05, 0) is 72.9 Å². The van der Waals surface area contributed by atoms with Gasteiger partial charge in [0.05, 0.1) is 18.7 Å². The third-order valence-electron chi connectivity index (χ3n) is 5.83. The number of rotatable bonds is 9. The summed E-state index contributed by atoms with van der Waals surface area (Å²) in [6, 6.07) is 12.5. The van der Waals surface area contributed by atoms with Gasteiger partial charge in [-0.2, -0.15) is 0 Å². The minimum Gasteiger partial charge on any atom is -0.494 e. The molecule has 13 heteroatoms. The first kappa shape index (κ1) is 26.5. The lowest BCUT2D eigenvalue weighted by atomic mass is 10.1. The first-order valence-corrected chi connectivity index (χ1v) is 12.2. The molecule has 1 aliphatic heterocycles. The molecule has 0 aliphatic carbocycles. The summed E-state index contributed by atoms with van der Waals surface area (Å²) >= 11 is 5.65. The van der Waals surface area contributed by atoms with Crippen molar-refractivity contribution in [3.63, 3.8) is 0 Å². The highest BCUT2D eigenvalue weighted by Gasteiger charge is 2.45. The molecule has 4 rings (SSSR count). The van der Waals surface area contributed by atoms with Crippen LogP contribution < -0.4 is 30.6 Å². The zero-order valence-corrected chi connectivity index (χ0v) is 21.8. The number of nitrogens with one attached hydrogen (secondary N) is 3. The fourth-order valence-corrected chi connectivity index (χ4v) is 4.42. The number of aryl methyl sites for hydroxylation is 1. The predicted octanol–water partition coefficient (Wildman–Crippen LogP) is 1.68. The van der Waals surface area contributed by atoms with E-state index in [4.69, 9.17) is 21.5 Å². The van der Waals surface area contributed by atoms with Gasteiger partial charge in [-0.25, -0.2) is 4.79 Å². The van der Waals surface area contributed by atoms with Gasteiger partial charge in [-0.15, -0.1) is 0 Å². The Bertz CT molecular complexity index is 1420. The van der Waals surface area contributed by atoms with Gasteiger partial charge in [0.15, 0.2) is 12.2 Å². The van der Waals surface area contributed by atoms with Gasteiger partial charge in [0.1, 0.15) is 18.3 Å². The third kappa shape index (κ3) is 5.72. The van der Waals surface area contributed by atoms with E-state index in [1.165, 1.54) is 21.4 Å².